The number of amides is 1. The van der Waals surface area contributed by atoms with Crippen molar-refractivity contribution in [2.75, 3.05) is 19.6 Å². The number of carbonyl (C=O) groups excluding carboxylic acids is 1. The predicted molar refractivity (Wildman–Crippen MR) is 133 cm³/mol. The quantitative estimate of drug-likeness (QED) is 0.373. The predicted octanol–water partition coefficient (Wildman–Crippen LogP) is 3.12. The second kappa shape index (κ2) is 11.6. The molecular formula is C24H36N6O3S. The minimum absolute atomic E-state index is 0.0118. The number of hydrogen-bond acceptors (Lipinski definition) is 5. The van der Waals surface area contributed by atoms with Crippen LogP contribution in [0.2, 0.25) is 0 Å². The van der Waals surface area contributed by atoms with Gasteiger partial charge in [0.05, 0.1) is 15.9 Å². The lowest BCUT2D eigenvalue weighted by Gasteiger charge is -2.18. The topological polar surface area (TPSA) is 102 Å². The van der Waals surface area contributed by atoms with Crippen LogP contribution in [0, 0.1) is 6.92 Å². The lowest BCUT2D eigenvalue weighted by molar-refractivity contribution is -0.121. The summed E-state index contributed by atoms with van der Waals surface area (Å²) in [6.07, 6.45) is 6.30. The Hall–Kier alpha value is -2.72. The van der Waals surface area contributed by atoms with E-state index in [1.807, 2.05) is 33.0 Å². The first-order chi connectivity index (χ1) is 16.3. The summed E-state index contributed by atoms with van der Waals surface area (Å²) >= 11 is 0. The number of rotatable bonds is 13. The average Bonchev–Trinajstić information content (AvgIpc) is 3.38. The molecule has 0 saturated heterocycles. The van der Waals surface area contributed by atoms with E-state index in [9.17, 15) is 13.2 Å². The Bertz CT molecular complexity index is 1210. The third-order valence-electron chi connectivity index (χ3n) is 5.99. The van der Waals surface area contributed by atoms with Crippen molar-refractivity contribution in [3.8, 4) is 0 Å². The van der Waals surface area contributed by atoms with Gasteiger partial charge in [0.2, 0.25) is 15.9 Å². The number of sulfonamides is 1. The lowest BCUT2D eigenvalue weighted by atomic mass is 10.2. The van der Waals surface area contributed by atoms with Crippen LogP contribution in [0.3, 0.4) is 0 Å². The molecule has 0 aliphatic carbocycles. The molecule has 3 aromatic rings. The molecule has 1 amide bonds. The molecule has 0 aliphatic heterocycles. The number of carbonyl (C=O) groups is 1. The van der Waals surface area contributed by atoms with E-state index in [1.54, 1.807) is 18.3 Å². The summed E-state index contributed by atoms with van der Waals surface area (Å²) in [6, 6.07) is 5.13. The van der Waals surface area contributed by atoms with Crippen molar-refractivity contribution < 1.29 is 13.2 Å². The van der Waals surface area contributed by atoms with Crippen LogP contribution < -0.4 is 5.32 Å². The molecule has 10 heteroatoms. The van der Waals surface area contributed by atoms with Gasteiger partial charge in [-0.1, -0.05) is 20.8 Å². The third kappa shape index (κ3) is 5.85. The van der Waals surface area contributed by atoms with Crippen LogP contribution in [0.5, 0.6) is 0 Å². The van der Waals surface area contributed by atoms with E-state index in [0.29, 0.717) is 38.0 Å². The van der Waals surface area contributed by atoms with E-state index in [4.69, 9.17) is 4.98 Å². The first-order valence-corrected chi connectivity index (χ1v) is 13.5. The number of hydrogen-bond donors (Lipinski definition) is 1. The summed E-state index contributed by atoms with van der Waals surface area (Å²) in [4.78, 5) is 21.6. The van der Waals surface area contributed by atoms with Crippen molar-refractivity contribution in [1.29, 1.82) is 0 Å². The van der Waals surface area contributed by atoms with E-state index in [-0.39, 0.29) is 10.8 Å². The van der Waals surface area contributed by atoms with Crippen molar-refractivity contribution in [1.82, 2.24) is 28.7 Å². The maximum atomic E-state index is 12.9. The molecule has 0 radical (unpaired) electrons. The first kappa shape index (κ1) is 25.9. The Morgan fingerprint density at radius 2 is 1.91 bits per heavy atom. The normalized spacial score (nSPS) is 12.0. The van der Waals surface area contributed by atoms with Crippen molar-refractivity contribution in [2.45, 2.75) is 71.4 Å². The van der Waals surface area contributed by atoms with Crippen LogP contribution >= 0.6 is 0 Å². The zero-order valence-corrected chi connectivity index (χ0v) is 21.4. The summed E-state index contributed by atoms with van der Waals surface area (Å²) in [7, 11) is -3.55. The van der Waals surface area contributed by atoms with Gasteiger partial charge in [-0.3, -0.25) is 4.79 Å². The molecule has 0 bridgehead atoms. The van der Waals surface area contributed by atoms with Gasteiger partial charge in [-0.25, -0.2) is 18.4 Å². The summed E-state index contributed by atoms with van der Waals surface area (Å²) in [6.45, 7) is 10.7. The van der Waals surface area contributed by atoms with Crippen molar-refractivity contribution in [3.63, 3.8) is 0 Å². The average molecular weight is 489 g/mol. The highest BCUT2D eigenvalue weighted by Gasteiger charge is 2.23. The molecular weight excluding hydrogens is 452 g/mol. The van der Waals surface area contributed by atoms with E-state index in [2.05, 4.69) is 26.4 Å². The summed E-state index contributed by atoms with van der Waals surface area (Å²) < 4.78 is 31.4. The minimum Gasteiger partial charge on any atom is -0.356 e. The monoisotopic (exact) mass is 488 g/mol. The number of nitrogens with zero attached hydrogens (tertiary/aromatic N) is 5. The molecule has 0 fully saturated rings. The SMILES string of the molecule is CCCn1c(CCC(=O)NCCCn2ccnc2C)nc2cc(S(=O)(=O)N(CC)CC)ccc21. The highest BCUT2D eigenvalue weighted by molar-refractivity contribution is 7.89. The number of benzene rings is 1. The third-order valence-corrected chi connectivity index (χ3v) is 8.03. The van der Waals surface area contributed by atoms with Gasteiger partial charge >= 0.3 is 0 Å². The van der Waals surface area contributed by atoms with Gasteiger partial charge in [-0.15, -0.1) is 0 Å². The maximum Gasteiger partial charge on any atom is 0.243 e. The molecule has 0 aliphatic rings. The fraction of sp³-hybridized carbons (Fsp3) is 0.542. The van der Waals surface area contributed by atoms with Crippen LogP contribution in [0.25, 0.3) is 11.0 Å². The Morgan fingerprint density at radius 1 is 1.15 bits per heavy atom. The molecule has 0 unspecified atom stereocenters. The molecule has 34 heavy (non-hydrogen) atoms. The molecule has 1 N–H and O–H groups in total. The zero-order valence-electron chi connectivity index (χ0n) is 20.6. The van der Waals surface area contributed by atoms with Gasteiger partial charge in [0.15, 0.2) is 0 Å². The second-order valence-corrected chi connectivity index (χ2v) is 10.2. The molecule has 3 rings (SSSR count). The molecule has 0 atom stereocenters. The number of imidazole rings is 2. The van der Waals surface area contributed by atoms with Crippen LogP contribution in [-0.2, 0) is 34.3 Å². The van der Waals surface area contributed by atoms with Crippen molar-refractivity contribution >= 4 is 27.0 Å². The molecule has 0 spiro atoms. The Kier molecular flexibility index (Phi) is 8.84. The molecule has 2 heterocycles. The van der Waals surface area contributed by atoms with E-state index in [0.717, 1.165) is 43.1 Å². The van der Waals surface area contributed by atoms with E-state index < -0.39 is 10.0 Å². The summed E-state index contributed by atoms with van der Waals surface area (Å²) in [5.74, 6) is 1.76. The van der Waals surface area contributed by atoms with Crippen LogP contribution in [0.4, 0.5) is 0 Å². The van der Waals surface area contributed by atoms with Gasteiger partial charge in [-0.05, 0) is 38.0 Å². The number of fused-ring (bicyclic) bond motifs is 1. The first-order valence-electron chi connectivity index (χ1n) is 12.1. The fourth-order valence-corrected chi connectivity index (χ4v) is 5.61. The standard InChI is InChI=1S/C24H36N6O3S/c1-5-15-30-22-10-9-20(34(32,33)29(6-2)7-3)18-21(22)27-23(30)11-12-24(31)26-13-8-16-28-17-14-25-19(28)4/h9-10,14,17-18H,5-8,11-13,15-16H2,1-4H3,(H,26,31). The van der Waals surface area contributed by atoms with E-state index in [1.165, 1.54) is 4.31 Å². The van der Waals surface area contributed by atoms with Gasteiger partial charge in [0, 0.05) is 58.0 Å². The highest BCUT2D eigenvalue weighted by atomic mass is 32.2. The summed E-state index contributed by atoms with van der Waals surface area (Å²) in [5.41, 5.74) is 1.54. The van der Waals surface area contributed by atoms with E-state index >= 15 is 0 Å². The smallest absolute Gasteiger partial charge is 0.243 e. The molecule has 1 aromatic carbocycles. The largest absolute Gasteiger partial charge is 0.356 e. The molecule has 2 aromatic heterocycles. The number of aromatic nitrogens is 4. The Labute approximate surface area is 202 Å². The Morgan fingerprint density at radius 3 is 2.56 bits per heavy atom. The molecule has 186 valence electrons. The van der Waals surface area contributed by atoms with Gasteiger partial charge in [-0.2, -0.15) is 4.31 Å². The Balaban J connectivity index is 1.67. The van der Waals surface area contributed by atoms with Gasteiger partial charge in [0.1, 0.15) is 11.6 Å². The van der Waals surface area contributed by atoms with Gasteiger partial charge in [0.25, 0.3) is 0 Å². The van der Waals surface area contributed by atoms with Crippen LogP contribution in [0.1, 0.15) is 51.7 Å². The second-order valence-electron chi connectivity index (χ2n) is 8.29. The van der Waals surface area contributed by atoms with Crippen molar-refractivity contribution in [3.05, 3.63) is 42.2 Å². The van der Waals surface area contributed by atoms with Crippen LogP contribution in [0.15, 0.2) is 35.5 Å². The molecule has 0 saturated carbocycles. The lowest BCUT2D eigenvalue weighted by Crippen LogP contribution is -2.30. The minimum atomic E-state index is -3.55. The highest BCUT2D eigenvalue weighted by Crippen LogP contribution is 2.24. The van der Waals surface area contributed by atoms with Crippen molar-refractivity contribution in [2.24, 2.45) is 0 Å². The summed E-state index contributed by atoms with van der Waals surface area (Å²) in [5, 5.41) is 2.98. The number of aryl methyl sites for hydroxylation is 4. The van der Waals surface area contributed by atoms with Crippen LogP contribution in [-0.4, -0.2) is 57.4 Å². The molecule has 9 nitrogen and oxygen atoms in total. The number of nitrogens with one attached hydrogen (secondary N) is 1. The van der Waals surface area contributed by atoms with Gasteiger partial charge < -0.3 is 14.5 Å². The fourth-order valence-electron chi connectivity index (χ4n) is 4.13. The maximum absolute atomic E-state index is 12.9. The zero-order chi connectivity index (χ0) is 24.7.